The van der Waals surface area contributed by atoms with Gasteiger partial charge in [0.2, 0.25) is 5.91 Å². The van der Waals surface area contributed by atoms with Crippen molar-refractivity contribution in [3.8, 4) is 0 Å². The van der Waals surface area contributed by atoms with Crippen LogP contribution in [0.4, 0.5) is 5.00 Å². The summed E-state index contributed by atoms with van der Waals surface area (Å²) in [5, 5.41) is 2.95. The smallest absolute Gasteiger partial charge is 0.349 e. The van der Waals surface area contributed by atoms with Crippen LogP contribution >= 0.6 is 11.3 Å². The molecule has 3 aromatic rings. The molecule has 0 fully saturated rings. The Labute approximate surface area is 196 Å². The van der Waals surface area contributed by atoms with Crippen molar-refractivity contribution < 1.29 is 23.9 Å². The number of hydrogen-bond acceptors (Lipinski definition) is 6. The van der Waals surface area contributed by atoms with Gasteiger partial charge in [0.1, 0.15) is 16.5 Å². The monoisotopic (exact) mass is 463 g/mol. The minimum atomic E-state index is -0.605. The molecule has 0 unspecified atom stereocenters. The molecule has 0 radical (unpaired) electrons. The maximum Gasteiger partial charge on any atom is 0.349 e. The van der Waals surface area contributed by atoms with Crippen molar-refractivity contribution in [2.45, 2.75) is 27.4 Å². The Morgan fingerprint density at radius 2 is 1.64 bits per heavy atom. The second-order valence-corrected chi connectivity index (χ2v) is 8.30. The van der Waals surface area contributed by atoms with Gasteiger partial charge in [0.05, 0.1) is 12.2 Å². The van der Waals surface area contributed by atoms with Crippen molar-refractivity contribution in [2.24, 2.45) is 0 Å². The number of hydrogen-bond donors (Lipinski definition) is 1. The van der Waals surface area contributed by atoms with Crippen molar-refractivity contribution in [2.75, 3.05) is 11.9 Å². The number of nitrogens with one attached hydrogen (secondary N) is 1. The van der Waals surface area contributed by atoms with Crippen LogP contribution in [0.3, 0.4) is 0 Å². The van der Waals surface area contributed by atoms with Crippen LogP contribution in [-0.2, 0) is 20.9 Å². The molecule has 2 aromatic carbocycles. The highest BCUT2D eigenvalue weighted by Gasteiger charge is 2.27. The molecule has 0 spiro atoms. The summed E-state index contributed by atoms with van der Waals surface area (Å²) < 4.78 is 10.6. The molecule has 3 rings (SSSR count). The van der Waals surface area contributed by atoms with Crippen LogP contribution in [0.1, 0.15) is 49.2 Å². The number of benzene rings is 2. The molecule has 1 aromatic heterocycles. The summed E-state index contributed by atoms with van der Waals surface area (Å²) in [6.45, 7) is 5.59. The fourth-order valence-electron chi connectivity index (χ4n) is 3.04. The van der Waals surface area contributed by atoms with Crippen LogP contribution in [0.5, 0.6) is 0 Å². The van der Waals surface area contributed by atoms with Gasteiger partial charge in [-0.3, -0.25) is 4.79 Å². The molecular formula is C26H25NO5S. The average molecular weight is 464 g/mol. The van der Waals surface area contributed by atoms with E-state index >= 15 is 0 Å². The summed E-state index contributed by atoms with van der Waals surface area (Å²) in [6.07, 6.45) is 3.05. The summed E-state index contributed by atoms with van der Waals surface area (Å²) in [6, 6.07) is 17.0. The molecule has 170 valence electrons. The second-order valence-electron chi connectivity index (χ2n) is 7.28. The highest BCUT2D eigenvalue weighted by atomic mass is 32.1. The van der Waals surface area contributed by atoms with Crippen molar-refractivity contribution in [1.82, 2.24) is 0 Å². The molecule has 0 saturated heterocycles. The van der Waals surface area contributed by atoms with Gasteiger partial charge in [0.15, 0.2) is 0 Å². The fraction of sp³-hybridized carbons (Fsp3) is 0.192. The summed E-state index contributed by atoms with van der Waals surface area (Å²) in [4.78, 5) is 38.0. The Hall–Kier alpha value is -3.71. The lowest BCUT2D eigenvalue weighted by Gasteiger charge is -2.06. The maximum atomic E-state index is 12.7. The zero-order valence-electron chi connectivity index (χ0n) is 18.7. The highest BCUT2D eigenvalue weighted by molar-refractivity contribution is 7.18. The standard InChI is InChI=1S/C26H25NO5S/c1-4-31-25(29)22-18(3)23(26(30)32-16-20-8-6-5-7-9-20)33-24(22)27-21(28)15-14-19-12-10-17(2)11-13-19/h5-15H,4,16H2,1-3H3,(H,27,28)/b15-14+. The van der Waals surface area contributed by atoms with Crippen LogP contribution in [-0.4, -0.2) is 24.5 Å². The first-order valence-electron chi connectivity index (χ1n) is 10.5. The second kappa shape index (κ2) is 11.2. The third-order valence-electron chi connectivity index (χ3n) is 4.77. The predicted octanol–water partition coefficient (Wildman–Crippen LogP) is 5.55. The van der Waals surface area contributed by atoms with Crippen molar-refractivity contribution >= 4 is 40.3 Å². The number of carbonyl (C=O) groups excluding carboxylic acids is 3. The van der Waals surface area contributed by atoms with Crippen LogP contribution in [0.15, 0.2) is 60.7 Å². The van der Waals surface area contributed by atoms with Crippen LogP contribution in [0, 0.1) is 13.8 Å². The lowest BCUT2D eigenvalue weighted by Crippen LogP contribution is -2.13. The normalized spacial score (nSPS) is 10.8. The van der Waals surface area contributed by atoms with Gasteiger partial charge < -0.3 is 14.8 Å². The fourth-order valence-corrected chi connectivity index (χ4v) is 4.13. The number of amides is 1. The summed E-state index contributed by atoms with van der Waals surface area (Å²) >= 11 is 0.994. The van der Waals surface area contributed by atoms with E-state index in [4.69, 9.17) is 9.47 Å². The molecule has 7 heteroatoms. The van der Waals surface area contributed by atoms with E-state index in [1.54, 1.807) is 19.9 Å². The number of ether oxygens (including phenoxy) is 2. The number of rotatable bonds is 8. The summed E-state index contributed by atoms with van der Waals surface area (Å²) in [5.74, 6) is -1.60. The van der Waals surface area contributed by atoms with Gasteiger partial charge in [-0.15, -0.1) is 11.3 Å². The van der Waals surface area contributed by atoms with Crippen molar-refractivity contribution in [3.63, 3.8) is 0 Å². The number of aryl methyl sites for hydroxylation is 1. The van der Waals surface area contributed by atoms with Crippen LogP contribution < -0.4 is 5.32 Å². The third kappa shape index (κ3) is 6.40. The van der Waals surface area contributed by atoms with E-state index in [-0.39, 0.29) is 28.7 Å². The van der Waals surface area contributed by atoms with E-state index in [0.717, 1.165) is 28.0 Å². The summed E-state index contributed by atoms with van der Waals surface area (Å²) in [5.41, 5.74) is 3.41. The summed E-state index contributed by atoms with van der Waals surface area (Å²) in [7, 11) is 0. The number of anilines is 1. The SMILES string of the molecule is CCOC(=O)c1c(NC(=O)/C=C/c2ccc(C)cc2)sc(C(=O)OCc2ccccc2)c1C. The Kier molecular flexibility index (Phi) is 8.16. The van der Waals surface area contributed by atoms with E-state index < -0.39 is 17.8 Å². The topological polar surface area (TPSA) is 81.7 Å². The van der Waals surface area contributed by atoms with E-state index in [9.17, 15) is 14.4 Å². The molecule has 0 aliphatic carbocycles. The first-order chi connectivity index (χ1) is 15.9. The van der Waals surface area contributed by atoms with Gasteiger partial charge in [-0.25, -0.2) is 9.59 Å². The number of esters is 2. The van der Waals surface area contributed by atoms with E-state index in [2.05, 4.69) is 5.32 Å². The average Bonchev–Trinajstić information content (AvgIpc) is 3.13. The molecule has 1 N–H and O–H groups in total. The molecule has 1 heterocycles. The van der Waals surface area contributed by atoms with Crippen LogP contribution in [0.2, 0.25) is 0 Å². The first-order valence-corrected chi connectivity index (χ1v) is 11.3. The van der Waals surface area contributed by atoms with Gasteiger partial charge in [-0.05, 0) is 43.5 Å². The van der Waals surface area contributed by atoms with Crippen molar-refractivity contribution in [3.05, 3.63) is 93.4 Å². The predicted molar refractivity (Wildman–Crippen MR) is 129 cm³/mol. The number of thiophene rings is 1. The highest BCUT2D eigenvalue weighted by Crippen LogP contribution is 2.34. The van der Waals surface area contributed by atoms with Gasteiger partial charge in [-0.2, -0.15) is 0 Å². The first kappa shape index (κ1) is 23.9. The molecule has 0 atom stereocenters. The van der Waals surface area contributed by atoms with Gasteiger partial charge in [0, 0.05) is 6.08 Å². The molecule has 0 aliphatic heterocycles. The Balaban J connectivity index is 1.80. The largest absolute Gasteiger partial charge is 0.462 e. The Bertz CT molecular complexity index is 1160. The molecular weight excluding hydrogens is 438 g/mol. The minimum absolute atomic E-state index is 0.104. The van der Waals surface area contributed by atoms with Gasteiger partial charge in [0.25, 0.3) is 0 Å². The maximum absolute atomic E-state index is 12.7. The molecule has 0 bridgehead atoms. The molecule has 0 saturated carbocycles. The van der Waals surface area contributed by atoms with Crippen LogP contribution in [0.25, 0.3) is 6.08 Å². The molecule has 1 amide bonds. The lowest BCUT2D eigenvalue weighted by atomic mass is 10.1. The van der Waals surface area contributed by atoms with Gasteiger partial charge >= 0.3 is 11.9 Å². The molecule has 33 heavy (non-hydrogen) atoms. The minimum Gasteiger partial charge on any atom is -0.462 e. The van der Waals surface area contributed by atoms with Gasteiger partial charge in [-0.1, -0.05) is 60.2 Å². The van der Waals surface area contributed by atoms with E-state index in [1.165, 1.54) is 6.08 Å². The quantitative estimate of drug-likeness (QED) is 0.350. The molecule has 0 aliphatic rings. The van der Waals surface area contributed by atoms with E-state index in [0.29, 0.717) is 5.56 Å². The van der Waals surface area contributed by atoms with Crippen molar-refractivity contribution in [1.29, 1.82) is 0 Å². The Morgan fingerprint density at radius 3 is 2.30 bits per heavy atom. The molecule has 6 nitrogen and oxygen atoms in total. The lowest BCUT2D eigenvalue weighted by molar-refractivity contribution is -0.111. The zero-order chi connectivity index (χ0) is 23.8. The number of carbonyl (C=O) groups is 3. The van der Waals surface area contributed by atoms with E-state index in [1.807, 2.05) is 61.5 Å². The third-order valence-corrected chi connectivity index (χ3v) is 5.95. The zero-order valence-corrected chi connectivity index (χ0v) is 19.5. The Morgan fingerprint density at radius 1 is 0.939 bits per heavy atom.